The van der Waals surface area contributed by atoms with Crippen LogP contribution in [-0.2, 0) is 14.3 Å². The fourth-order valence-corrected chi connectivity index (χ4v) is 2.13. The van der Waals surface area contributed by atoms with Gasteiger partial charge in [0.05, 0.1) is 12.7 Å². The zero-order valence-corrected chi connectivity index (χ0v) is 11.9. The first-order valence-electron chi connectivity index (χ1n) is 6.10. The van der Waals surface area contributed by atoms with Crippen LogP contribution in [0.2, 0.25) is 0 Å². The fraction of sp³-hybridized carbons (Fsp3) is 0.385. The molecule has 0 spiro atoms. The van der Waals surface area contributed by atoms with Gasteiger partial charge in [-0.2, -0.15) is 21.6 Å². The van der Waals surface area contributed by atoms with Crippen molar-refractivity contribution in [3.8, 4) is 5.75 Å². The largest absolute Gasteiger partial charge is 0.534 e. The van der Waals surface area contributed by atoms with E-state index in [1.165, 1.54) is 25.3 Å². The summed E-state index contributed by atoms with van der Waals surface area (Å²) in [7, 11) is -4.37. The van der Waals surface area contributed by atoms with Crippen molar-refractivity contribution in [2.45, 2.75) is 18.3 Å². The molecule has 0 atom stereocenters. The number of ether oxygens (including phenoxy) is 1. The number of hydrogen-bond acceptors (Lipinski definition) is 4. The maximum atomic E-state index is 12.5. The van der Waals surface area contributed by atoms with Crippen LogP contribution in [-0.4, -0.2) is 21.0 Å². The van der Waals surface area contributed by atoms with E-state index in [2.05, 4.69) is 4.18 Å². The Morgan fingerprint density at radius 2 is 1.90 bits per heavy atom. The van der Waals surface area contributed by atoms with Crippen molar-refractivity contribution in [1.29, 1.82) is 0 Å². The molecule has 1 aromatic rings. The van der Waals surface area contributed by atoms with Gasteiger partial charge in [0.1, 0.15) is 11.5 Å². The van der Waals surface area contributed by atoms with Crippen LogP contribution in [0.1, 0.15) is 18.4 Å². The number of rotatable bonds is 5. The second-order valence-electron chi connectivity index (χ2n) is 4.55. The van der Waals surface area contributed by atoms with Gasteiger partial charge in [0.25, 0.3) is 0 Å². The first kappa shape index (κ1) is 15.7. The van der Waals surface area contributed by atoms with Gasteiger partial charge in [0, 0.05) is 0 Å². The summed E-state index contributed by atoms with van der Waals surface area (Å²) in [6.07, 6.45) is 2.96. The number of hydrogen-bond donors (Lipinski definition) is 0. The molecule has 0 radical (unpaired) electrons. The van der Waals surface area contributed by atoms with Crippen molar-refractivity contribution < 1.29 is 30.5 Å². The van der Waals surface area contributed by atoms with E-state index < -0.39 is 15.6 Å². The van der Waals surface area contributed by atoms with Gasteiger partial charge in [-0.15, -0.1) is 0 Å². The van der Waals surface area contributed by atoms with E-state index in [4.69, 9.17) is 4.74 Å². The molecule has 0 aliphatic heterocycles. The molecule has 0 saturated heterocycles. The zero-order valence-electron chi connectivity index (χ0n) is 11.1. The third-order valence-electron chi connectivity index (χ3n) is 2.86. The van der Waals surface area contributed by atoms with Crippen LogP contribution in [0.3, 0.4) is 0 Å². The fourth-order valence-electron chi connectivity index (χ4n) is 1.65. The summed E-state index contributed by atoms with van der Waals surface area (Å²) >= 11 is 0. The molecule has 21 heavy (non-hydrogen) atoms. The van der Waals surface area contributed by atoms with Gasteiger partial charge in [-0.3, -0.25) is 0 Å². The number of halogens is 3. The van der Waals surface area contributed by atoms with E-state index in [0.29, 0.717) is 0 Å². The van der Waals surface area contributed by atoms with E-state index in [9.17, 15) is 21.6 Å². The van der Waals surface area contributed by atoms with Gasteiger partial charge in [-0.05, 0) is 37.0 Å². The highest BCUT2D eigenvalue weighted by atomic mass is 32.2. The van der Waals surface area contributed by atoms with Crippen LogP contribution in [0.4, 0.5) is 13.2 Å². The Bertz CT molecular complexity index is 646. The molecule has 2 rings (SSSR count). The topological polar surface area (TPSA) is 52.6 Å². The van der Waals surface area contributed by atoms with Crippen LogP contribution in [0.25, 0.3) is 5.76 Å². The lowest BCUT2D eigenvalue weighted by molar-refractivity contribution is -0.0509. The molecule has 1 aromatic carbocycles. The number of allylic oxidation sites excluding steroid dienone is 1. The lowest BCUT2D eigenvalue weighted by atomic mass is 10.1. The maximum Gasteiger partial charge on any atom is 0.534 e. The van der Waals surface area contributed by atoms with Gasteiger partial charge in [-0.1, -0.05) is 12.1 Å². The zero-order chi connectivity index (χ0) is 15.7. The first-order valence-corrected chi connectivity index (χ1v) is 7.51. The van der Waals surface area contributed by atoms with Gasteiger partial charge in [0.2, 0.25) is 0 Å². The van der Waals surface area contributed by atoms with Crippen LogP contribution >= 0.6 is 0 Å². The van der Waals surface area contributed by atoms with E-state index in [1.54, 1.807) is 12.1 Å². The summed E-state index contributed by atoms with van der Waals surface area (Å²) in [5, 5.41) is 0. The van der Waals surface area contributed by atoms with E-state index in [-0.39, 0.29) is 23.0 Å². The third-order valence-corrected chi connectivity index (χ3v) is 3.83. The highest BCUT2D eigenvalue weighted by Crippen LogP contribution is 2.38. The minimum absolute atomic E-state index is 0.0216. The Morgan fingerprint density at radius 3 is 2.43 bits per heavy atom. The highest BCUT2D eigenvalue weighted by molar-refractivity contribution is 7.87. The summed E-state index contributed by atoms with van der Waals surface area (Å²) in [6, 6.07) is 6.13. The molecule has 0 aromatic heterocycles. The Balaban J connectivity index is 2.41. The van der Waals surface area contributed by atoms with E-state index in [0.717, 1.165) is 12.8 Å². The number of para-hydroxylation sites is 1. The number of benzene rings is 1. The van der Waals surface area contributed by atoms with Crippen LogP contribution in [0, 0.1) is 5.92 Å². The quantitative estimate of drug-likeness (QED) is 0.474. The lowest BCUT2D eigenvalue weighted by Crippen LogP contribution is -2.25. The first-order chi connectivity index (χ1) is 9.74. The second-order valence-corrected chi connectivity index (χ2v) is 6.09. The summed E-state index contributed by atoms with van der Waals surface area (Å²) in [5.41, 5.74) is -5.31. The molecule has 0 N–H and O–H groups in total. The summed E-state index contributed by atoms with van der Waals surface area (Å²) in [5.74, 6) is -0.0950. The molecule has 8 heteroatoms. The number of methoxy groups -OCH3 is 1. The number of alkyl halides is 3. The Hall–Kier alpha value is -1.70. The molecule has 4 nitrogen and oxygen atoms in total. The van der Waals surface area contributed by atoms with Crippen molar-refractivity contribution in [1.82, 2.24) is 0 Å². The molecular formula is C13H13F3O4S. The van der Waals surface area contributed by atoms with Crippen LogP contribution in [0.15, 0.2) is 30.3 Å². The maximum absolute atomic E-state index is 12.5. The van der Waals surface area contributed by atoms with Crippen molar-refractivity contribution in [3.05, 3.63) is 35.9 Å². The minimum Gasteiger partial charge on any atom is -0.496 e. The van der Waals surface area contributed by atoms with Gasteiger partial charge in [0.15, 0.2) is 0 Å². The third kappa shape index (κ3) is 3.69. The van der Waals surface area contributed by atoms with Gasteiger partial charge < -0.3 is 8.92 Å². The Morgan fingerprint density at radius 1 is 1.29 bits per heavy atom. The minimum atomic E-state index is -5.71. The van der Waals surface area contributed by atoms with Crippen LogP contribution < -0.4 is 4.74 Å². The molecule has 1 aliphatic carbocycles. The molecule has 116 valence electrons. The molecule has 1 saturated carbocycles. The predicted octanol–water partition coefficient (Wildman–Crippen LogP) is 3.31. The second kappa shape index (κ2) is 5.59. The van der Waals surface area contributed by atoms with Crippen molar-refractivity contribution in [3.63, 3.8) is 0 Å². The normalized spacial score (nSPS) is 16.7. The summed E-state index contributed by atoms with van der Waals surface area (Å²) < 4.78 is 69.2. The molecular weight excluding hydrogens is 309 g/mol. The smallest absolute Gasteiger partial charge is 0.496 e. The average Bonchev–Trinajstić information content (AvgIpc) is 3.20. The van der Waals surface area contributed by atoms with Crippen molar-refractivity contribution >= 4 is 15.9 Å². The summed E-state index contributed by atoms with van der Waals surface area (Å²) in [6.45, 7) is 0. The highest BCUT2D eigenvalue weighted by Gasteiger charge is 2.49. The van der Waals surface area contributed by atoms with E-state index in [1.807, 2.05) is 0 Å². The molecule has 0 amide bonds. The Labute approximate surface area is 120 Å². The monoisotopic (exact) mass is 322 g/mol. The SMILES string of the molecule is COc1ccccc1/C(=C/C1CC1)OS(=O)(=O)C(F)(F)F. The molecule has 0 bridgehead atoms. The summed E-state index contributed by atoms with van der Waals surface area (Å²) in [4.78, 5) is 0. The van der Waals surface area contributed by atoms with Crippen molar-refractivity contribution in [2.75, 3.05) is 7.11 Å². The molecule has 0 heterocycles. The average molecular weight is 322 g/mol. The van der Waals surface area contributed by atoms with E-state index >= 15 is 0 Å². The molecule has 0 unspecified atom stereocenters. The predicted molar refractivity (Wildman–Crippen MR) is 69.8 cm³/mol. The lowest BCUT2D eigenvalue weighted by Gasteiger charge is -2.15. The van der Waals surface area contributed by atoms with Crippen molar-refractivity contribution in [2.24, 2.45) is 5.92 Å². The van der Waals surface area contributed by atoms with Gasteiger partial charge in [-0.25, -0.2) is 0 Å². The van der Waals surface area contributed by atoms with Gasteiger partial charge >= 0.3 is 15.6 Å². The molecule has 1 aliphatic rings. The molecule has 1 fully saturated rings. The van der Waals surface area contributed by atoms with Crippen LogP contribution in [0.5, 0.6) is 5.75 Å². The standard InChI is InChI=1S/C13H13F3O4S/c1-19-11-5-3-2-4-10(11)12(8-9-6-7-9)20-21(17,18)13(14,15)16/h2-5,8-9H,6-7H2,1H3/b12-8-. The Kier molecular flexibility index (Phi) is 4.18.